The Morgan fingerprint density at radius 2 is 1.27 bits per heavy atom. The van der Waals surface area contributed by atoms with Crippen LogP contribution in [0.3, 0.4) is 0 Å². The molecule has 1 atom stereocenters. The van der Waals surface area contributed by atoms with E-state index in [4.69, 9.17) is 0 Å². The van der Waals surface area contributed by atoms with Crippen LogP contribution in [-0.2, 0) is 28.3 Å². The summed E-state index contributed by atoms with van der Waals surface area (Å²) >= 11 is 0. The van der Waals surface area contributed by atoms with Crippen LogP contribution in [0, 0.1) is 0 Å². The zero-order valence-electron chi connectivity index (χ0n) is 14.1. The van der Waals surface area contributed by atoms with Gasteiger partial charge < -0.3 is 29.9 Å². The first-order valence-corrected chi connectivity index (χ1v) is 7.93. The van der Waals surface area contributed by atoms with Gasteiger partial charge in [-0.1, -0.05) is 78.9 Å². The SMILES string of the molecule is OCc1ccccc1C1C(c2ccccc2)=Cc2ccccc21.[Cl-].[Cl-].[Ti+2]. The van der Waals surface area contributed by atoms with E-state index in [1.54, 1.807) is 0 Å². The van der Waals surface area contributed by atoms with Crippen molar-refractivity contribution in [3.05, 3.63) is 107 Å². The van der Waals surface area contributed by atoms with Crippen LogP contribution >= 0.6 is 0 Å². The summed E-state index contributed by atoms with van der Waals surface area (Å²) in [5.74, 6) is 0.178. The van der Waals surface area contributed by atoms with Gasteiger partial charge in [-0.2, -0.15) is 0 Å². The molecule has 0 aromatic heterocycles. The van der Waals surface area contributed by atoms with Gasteiger partial charge in [-0.3, -0.25) is 0 Å². The Labute approximate surface area is 181 Å². The van der Waals surface area contributed by atoms with E-state index in [1.807, 2.05) is 18.2 Å². The largest absolute Gasteiger partial charge is 2.00 e. The molecule has 0 aliphatic heterocycles. The van der Waals surface area contributed by atoms with Gasteiger partial charge in [-0.05, 0) is 39.5 Å². The van der Waals surface area contributed by atoms with Crippen LogP contribution in [0.15, 0.2) is 78.9 Å². The normalized spacial score (nSPS) is 14.2. The van der Waals surface area contributed by atoms with Crippen molar-refractivity contribution >= 4 is 11.6 Å². The summed E-state index contributed by atoms with van der Waals surface area (Å²) in [5.41, 5.74) is 7.30. The number of halogens is 2. The standard InChI is InChI=1S/C22H18O.2ClH.Ti/c23-15-18-11-5-7-13-20(18)22-19-12-6-4-10-17(19)14-21(22)16-8-2-1-3-9-16;;;/h1-14,22-23H,15H2;2*1H;/q;;;+2/p-2. The molecule has 1 unspecified atom stereocenters. The third-order valence-electron chi connectivity index (χ3n) is 4.57. The molecule has 0 amide bonds. The first kappa shape index (κ1) is 22.7. The summed E-state index contributed by atoms with van der Waals surface area (Å²) in [5, 5.41) is 9.76. The van der Waals surface area contributed by atoms with Gasteiger partial charge in [0.1, 0.15) is 0 Å². The molecule has 4 rings (SSSR count). The summed E-state index contributed by atoms with van der Waals surface area (Å²) < 4.78 is 0. The van der Waals surface area contributed by atoms with Crippen LogP contribution in [0.4, 0.5) is 0 Å². The number of aliphatic hydroxyl groups is 1. The van der Waals surface area contributed by atoms with Crippen molar-refractivity contribution in [2.45, 2.75) is 12.5 Å². The van der Waals surface area contributed by atoms with E-state index in [-0.39, 0.29) is 59.1 Å². The minimum absolute atomic E-state index is 0. The predicted molar refractivity (Wildman–Crippen MR) is 95.0 cm³/mol. The average Bonchev–Trinajstić information content (AvgIpc) is 3.02. The van der Waals surface area contributed by atoms with Gasteiger partial charge in [-0.15, -0.1) is 0 Å². The van der Waals surface area contributed by atoms with Crippen molar-refractivity contribution in [3.63, 3.8) is 0 Å². The second-order valence-corrected chi connectivity index (χ2v) is 5.88. The van der Waals surface area contributed by atoms with Crippen LogP contribution in [0.5, 0.6) is 0 Å². The van der Waals surface area contributed by atoms with Crippen LogP contribution in [0.25, 0.3) is 11.6 Å². The molecule has 3 aromatic carbocycles. The van der Waals surface area contributed by atoms with E-state index in [9.17, 15) is 5.11 Å². The molecule has 1 N–H and O–H groups in total. The number of aliphatic hydroxyl groups excluding tert-OH is 1. The smallest absolute Gasteiger partial charge is 1.00 e. The molecule has 0 fully saturated rings. The van der Waals surface area contributed by atoms with Crippen LogP contribution < -0.4 is 24.8 Å². The average molecular weight is 417 g/mol. The van der Waals surface area contributed by atoms with Crippen LogP contribution in [0.1, 0.15) is 33.7 Å². The topological polar surface area (TPSA) is 20.2 Å². The summed E-state index contributed by atoms with van der Waals surface area (Å²) in [6, 6.07) is 27.2. The Morgan fingerprint density at radius 1 is 0.692 bits per heavy atom. The number of hydrogen-bond acceptors (Lipinski definition) is 1. The molecule has 3 aromatic rings. The minimum Gasteiger partial charge on any atom is -1.00 e. The molecule has 1 aliphatic carbocycles. The van der Waals surface area contributed by atoms with E-state index in [0.29, 0.717) is 0 Å². The van der Waals surface area contributed by atoms with E-state index >= 15 is 0 Å². The Bertz CT molecular complexity index is 878. The number of allylic oxidation sites excluding steroid dienone is 1. The molecular weight excluding hydrogens is 399 g/mol. The Hall–Kier alpha value is -1.35. The molecule has 130 valence electrons. The van der Waals surface area contributed by atoms with Crippen LogP contribution in [-0.4, -0.2) is 5.11 Å². The monoisotopic (exact) mass is 416 g/mol. The second-order valence-electron chi connectivity index (χ2n) is 5.88. The predicted octanol–water partition coefficient (Wildman–Crippen LogP) is -1.13. The maximum atomic E-state index is 9.76. The van der Waals surface area contributed by atoms with Crippen molar-refractivity contribution in [3.8, 4) is 0 Å². The quantitative estimate of drug-likeness (QED) is 0.536. The molecule has 0 spiro atoms. The summed E-state index contributed by atoms with van der Waals surface area (Å²) in [4.78, 5) is 0. The molecule has 0 saturated heterocycles. The van der Waals surface area contributed by atoms with Crippen molar-refractivity contribution in [1.29, 1.82) is 0 Å². The Balaban J connectivity index is 0.00000113. The number of benzene rings is 3. The molecule has 1 nitrogen and oxygen atoms in total. The summed E-state index contributed by atoms with van der Waals surface area (Å²) in [6.45, 7) is 0.0664. The van der Waals surface area contributed by atoms with Gasteiger partial charge in [0.15, 0.2) is 0 Å². The Kier molecular flexibility index (Phi) is 8.82. The zero-order chi connectivity index (χ0) is 15.6. The Morgan fingerprint density at radius 3 is 1.96 bits per heavy atom. The van der Waals surface area contributed by atoms with Gasteiger partial charge in [0.05, 0.1) is 6.61 Å². The molecule has 1 aliphatic rings. The van der Waals surface area contributed by atoms with Crippen molar-refractivity contribution in [2.75, 3.05) is 0 Å². The van der Waals surface area contributed by atoms with Gasteiger partial charge in [0.25, 0.3) is 0 Å². The van der Waals surface area contributed by atoms with E-state index < -0.39 is 0 Å². The van der Waals surface area contributed by atoms with Gasteiger partial charge >= 0.3 is 21.7 Å². The molecule has 0 radical (unpaired) electrons. The first-order valence-electron chi connectivity index (χ1n) is 7.93. The van der Waals surface area contributed by atoms with Crippen molar-refractivity contribution < 1.29 is 51.6 Å². The van der Waals surface area contributed by atoms with Crippen molar-refractivity contribution in [1.82, 2.24) is 0 Å². The number of fused-ring (bicyclic) bond motifs is 1. The fraction of sp³-hybridized carbons (Fsp3) is 0.0909. The second kappa shape index (κ2) is 10.1. The molecule has 0 heterocycles. The number of hydrogen-bond donors (Lipinski definition) is 1. The molecule has 0 bridgehead atoms. The van der Waals surface area contributed by atoms with Crippen molar-refractivity contribution in [2.24, 2.45) is 0 Å². The molecule has 4 heteroatoms. The molecule has 0 saturated carbocycles. The summed E-state index contributed by atoms with van der Waals surface area (Å²) in [6.07, 6.45) is 2.28. The number of rotatable bonds is 3. The maximum Gasteiger partial charge on any atom is 2.00 e. The van der Waals surface area contributed by atoms with E-state index in [1.165, 1.54) is 27.8 Å². The zero-order valence-corrected chi connectivity index (χ0v) is 17.1. The van der Waals surface area contributed by atoms with Gasteiger partial charge in [0, 0.05) is 5.92 Å². The van der Waals surface area contributed by atoms with Crippen LogP contribution in [0.2, 0.25) is 0 Å². The fourth-order valence-corrected chi connectivity index (χ4v) is 3.50. The van der Waals surface area contributed by atoms with E-state index in [0.717, 1.165) is 5.56 Å². The maximum absolute atomic E-state index is 9.76. The molecular formula is C22H18Cl2OTi. The fourth-order valence-electron chi connectivity index (χ4n) is 3.50. The minimum atomic E-state index is 0. The molecule has 26 heavy (non-hydrogen) atoms. The first-order chi connectivity index (χ1) is 11.4. The van der Waals surface area contributed by atoms with Gasteiger partial charge in [-0.25, -0.2) is 0 Å². The third kappa shape index (κ3) is 4.14. The third-order valence-corrected chi connectivity index (χ3v) is 4.57. The van der Waals surface area contributed by atoms with Gasteiger partial charge in [0.2, 0.25) is 0 Å². The summed E-state index contributed by atoms with van der Waals surface area (Å²) in [7, 11) is 0. The van der Waals surface area contributed by atoms with E-state index in [2.05, 4.69) is 66.7 Å².